The Morgan fingerprint density at radius 1 is 1.64 bits per heavy atom. The van der Waals surface area contributed by atoms with E-state index >= 15 is 0 Å². The van der Waals surface area contributed by atoms with E-state index < -0.39 is 0 Å². The van der Waals surface area contributed by atoms with Crippen LogP contribution in [0.5, 0.6) is 0 Å². The Morgan fingerprint density at radius 3 is 2.86 bits per heavy atom. The summed E-state index contributed by atoms with van der Waals surface area (Å²) in [5.41, 5.74) is 7.76. The van der Waals surface area contributed by atoms with Gasteiger partial charge in [0.15, 0.2) is 0 Å². The summed E-state index contributed by atoms with van der Waals surface area (Å²) in [5.74, 6) is 0. The van der Waals surface area contributed by atoms with Gasteiger partial charge < -0.3 is 10.8 Å². The number of pyridine rings is 1. The first-order valence-electron chi connectivity index (χ1n) is 4.22. The summed E-state index contributed by atoms with van der Waals surface area (Å²) in [5, 5.41) is 8.80. The normalized spacial score (nSPS) is 12.3. The second-order valence-electron chi connectivity index (χ2n) is 2.71. The minimum Gasteiger partial charge on any atom is -0.404 e. The molecule has 0 aromatic carbocycles. The maximum atomic E-state index is 8.80. The molecule has 3 N–H and O–H groups in total. The summed E-state index contributed by atoms with van der Waals surface area (Å²) in [6.07, 6.45) is 4.80. The number of hydrogen-bond acceptors (Lipinski definition) is 4. The summed E-state index contributed by atoms with van der Waals surface area (Å²) in [7, 11) is 1.68. The molecule has 1 aromatic rings. The maximum absolute atomic E-state index is 8.80. The van der Waals surface area contributed by atoms with Crippen molar-refractivity contribution in [2.75, 3.05) is 7.05 Å². The van der Waals surface area contributed by atoms with Crippen molar-refractivity contribution in [1.29, 1.82) is 0 Å². The van der Waals surface area contributed by atoms with Crippen molar-refractivity contribution in [3.05, 3.63) is 35.8 Å². The number of allylic oxidation sites excluding steroid dienone is 1. The molecule has 0 aliphatic rings. The number of hydrogen-bond donors (Lipinski definition) is 2. The number of aromatic nitrogens is 1. The number of nitrogens with zero attached hydrogens (tertiary/aromatic N) is 2. The highest BCUT2D eigenvalue weighted by molar-refractivity contribution is 6.09. The Hall–Kier alpha value is -1.68. The van der Waals surface area contributed by atoms with Gasteiger partial charge >= 0.3 is 0 Å². The molecular formula is C10H13N3O. The quantitative estimate of drug-likeness (QED) is 0.686. The molecule has 0 fully saturated rings. The molecule has 0 bridgehead atoms. The van der Waals surface area contributed by atoms with Gasteiger partial charge in [-0.1, -0.05) is 6.07 Å². The standard InChI is InChI=1S/C10H13N3O/c1-12-5-9(4-11)8-2-3-10(7-14)13-6-8/h2-6,14H,7,11H2,1H3. The van der Waals surface area contributed by atoms with E-state index in [-0.39, 0.29) is 6.61 Å². The first-order valence-corrected chi connectivity index (χ1v) is 4.22. The maximum Gasteiger partial charge on any atom is 0.0852 e. The molecule has 1 heterocycles. The van der Waals surface area contributed by atoms with Crippen LogP contribution in [0.3, 0.4) is 0 Å². The minimum absolute atomic E-state index is 0.0518. The van der Waals surface area contributed by atoms with Gasteiger partial charge in [-0.05, 0) is 6.07 Å². The summed E-state index contributed by atoms with van der Waals surface area (Å²) in [6, 6.07) is 3.60. The molecule has 0 aliphatic carbocycles. The van der Waals surface area contributed by atoms with Crippen LogP contribution in [0.2, 0.25) is 0 Å². The van der Waals surface area contributed by atoms with Crippen LogP contribution in [-0.2, 0) is 6.61 Å². The molecule has 1 aromatic heterocycles. The van der Waals surface area contributed by atoms with E-state index in [0.29, 0.717) is 5.69 Å². The van der Waals surface area contributed by atoms with Crippen LogP contribution in [0, 0.1) is 0 Å². The van der Waals surface area contributed by atoms with Crippen molar-refractivity contribution in [3.8, 4) is 0 Å². The third-order valence-electron chi connectivity index (χ3n) is 1.77. The lowest BCUT2D eigenvalue weighted by Gasteiger charge is -2.01. The highest BCUT2D eigenvalue weighted by Gasteiger charge is 1.98. The molecule has 0 spiro atoms. The van der Waals surface area contributed by atoms with Gasteiger partial charge in [-0.3, -0.25) is 9.98 Å². The first-order chi connectivity index (χ1) is 6.81. The van der Waals surface area contributed by atoms with Crippen LogP contribution in [0.15, 0.2) is 29.5 Å². The molecule has 14 heavy (non-hydrogen) atoms. The van der Waals surface area contributed by atoms with Crippen LogP contribution >= 0.6 is 0 Å². The lowest BCUT2D eigenvalue weighted by atomic mass is 10.1. The second-order valence-corrected chi connectivity index (χ2v) is 2.71. The van der Waals surface area contributed by atoms with E-state index in [1.165, 1.54) is 6.20 Å². The van der Waals surface area contributed by atoms with Gasteiger partial charge in [0.05, 0.1) is 12.3 Å². The zero-order valence-corrected chi connectivity index (χ0v) is 8.01. The van der Waals surface area contributed by atoms with Crippen molar-refractivity contribution in [3.63, 3.8) is 0 Å². The topological polar surface area (TPSA) is 71.5 Å². The lowest BCUT2D eigenvalue weighted by Crippen LogP contribution is -1.94. The van der Waals surface area contributed by atoms with Crippen LogP contribution in [0.4, 0.5) is 0 Å². The average molecular weight is 191 g/mol. The summed E-state index contributed by atoms with van der Waals surface area (Å²) >= 11 is 0. The molecule has 74 valence electrons. The van der Waals surface area contributed by atoms with Gasteiger partial charge in [-0.15, -0.1) is 0 Å². The number of aliphatic hydroxyl groups excluding tert-OH is 1. The third-order valence-corrected chi connectivity index (χ3v) is 1.77. The first kappa shape index (κ1) is 10.4. The van der Waals surface area contributed by atoms with Gasteiger partial charge in [-0.2, -0.15) is 0 Å². The monoisotopic (exact) mass is 191 g/mol. The lowest BCUT2D eigenvalue weighted by molar-refractivity contribution is 0.277. The van der Waals surface area contributed by atoms with Crippen LogP contribution < -0.4 is 5.73 Å². The highest BCUT2D eigenvalue weighted by Crippen LogP contribution is 2.10. The van der Waals surface area contributed by atoms with E-state index in [9.17, 15) is 0 Å². The molecule has 0 saturated carbocycles. The summed E-state index contributed by atoms with van der Waals surface area (Å²) in [4.78, 5) is 7.92. The Morgan fingerprint density at radius 2 is 2.43 bits per heavy atom. The van der Waals surface area contributed by atoms with Crippen LogP contribution in [-0.4, -0.2) is 23.4 Å². The van der Waals surface area contributed by atoms with Crippen molar-refractivity contribution in [1.82, 2.24) is 4.98 Å². The Balaban J connectivity index is 2.96. The summed E-state index contributed by atoms with van der Waals surface area (Å²) < 4.78 is 0. The molecule has 0 unspecified atom stereocenters. The van der Waals surface area contributed by atoms with Gasteiger partial charge in [0, 0.05) is 36.8 Å². The zero-order chi connectivity index (χ0) is 10.4. The molecule has 0 atom stereocenters. The largest absolute Gasteiger partial charge is 0.404 e. The van der Waals surface area contributed by atoms with E-state index in [2.05, 4.69) is 9.98 Å². The van der Waals surface area contributed by atoms with Crippen molar-refractivity contribution < 1.29 is 5.11 Å². The molecule has 4 heteroatoms. The average Bonchev–Trinajstić information content (AvgIpc) is 2.26. The van der Waals surface area contributed by atoms with Gasteiger partial charge in [0.1, 0.15) is 0 Å². The third kappa shape index (κ3) is 2.40. The smallest absolute Gasteiger partial charge is 0.0852 e. The van der Waals surface area contributed by atoms with E-state index in [4.69, 9.17) is 10.8 Å². The van der Waals surface area contributed by atoms with Crippen molar-refractivity contribution >= 4 is 11.8 Å². The van der Waals surface area contributed by atoms with Crippen molar-refractivity contribution in [2.45, 2.75) is 6.61 Å². The number of nitrogens with two attached hydrogens (primary N) is 1. The molecule has 1 rings (SSSR count). The van der Waals surface area contributed by atoms with E-state index in [1.807, 2.05) is 6.07 Å². The predicted molar refractivity (Wildman–Crippen MR) is 56.7 cm³/mol. The Kier molecular flexibility index (Phi) is 3.82. The number of aliphatic imine (C=N–C) groups is 1. The van der Waals surface area contributed by atoms with Gasteiger partial charge in [0.2, 0.25) is 0 Å². The number of aliphatic hydroxyl groups is 1. The molecule has 0 aliphatic heterocycles. The van der Waals surface area contributed by atoms with E-state index in [0.717, 1.165) is 11.1 Å². The van der Waals surface area contributed by atoms with Gasteiger partial charge in [0.25, 0.3) is 0 Å². The molecular weight excluding hydrogens is 178 g/mol. The Labute approximate surface area is 82.8 Å². The van der Waals surface area contributed by atoms with Crippen LogP contribution in [0.1, 0.15) is 11.3 Å². The fourth-order valence-corrected chi connectivity index (χ4v) is 1.04. The molecule has 4 nitrogen and oxygen atoms in total. The fourth-order valence-electron chi connectivity index (χ4n) is 1.04. The van der Waals surface area contributed by atoms with Gasteiger partial charge in [-0.25, -0.2) is 0 Å². The Bertz CT molecular complexity index is 341. The highest BCUT2D eigenvalue weighted by atomic mass is 16.3. The second kappa shape index (κ2) is 5.14. The summed E-state index contributed by atoms with van der Waals surface area (Å²) in [6.45, 7) is -0.0518. The number of rotatable bonds is 3. The fraction of sp³-hybridized carbons (Fsp3) is 0.200. The van der Waals surface area contributed by atoms with E-state index in [1.54, 1.807) is 25.5 Å². The molecule has 0 radical (unpaired) electrons. The predicted octanol–water partition coefficient (Wildman–Crippen LogP) is 0.574. The van der Waals surface area contributed by atoms with Crippen LogP contribution in [0.25, 0.3) is 5.57 Å². The zero-order valence-electron chi connectivity index (χ0n) is 8.01. The SMILES string of the molecule is CN=CC(=CN)c1ccc(CO)nc1. The van der Waals surface area contributed by atoms with Crippen molar-refractivity contribution in [2.24, 2.45) is 10.7 Å². The molecule has 0 saturated heterocycles. The minimum atomic E-state index is -0.0518. The molecule has 0 amide bonds.